The van der Waals surface area contributed by atoms with Crippen molar-refractivity contribution in [2.45, 2.75) is 6.42 Å². The van der Waals surface area contributed by atoms with Crippen LogP contribution in [0.3, 0.4) is 0 Å². The molecule has 0 bridgehead atoms. The monoisotopic (exact) mass is 260 g/mol. The number of hydrogen-bond donors (Lipinski definition) is 0. The van der Waals surface area contributed by atoms with Crippen LogP contribution in [-0.4, -0.2) is 10.9 Å². The molecule has 20 heavy (non-hydrogen) atoms. The van der Waals surface area contributed by atoms with E-state index in [1.165, 1.54) is 0 Å². The molecular formula is C16H8N2O2. The molecule has 0 atom stereocenters. The molecule has 2 aromatic carbocycles. The van der Waals surface area contributed by atoms with E-state index in [1.807, 2.05) is 42.5 Å². The first-order valence-corrected chi connectivity index (χ1v) is 6.23. The van der Waals surface area contributed by atoms with Crippen LogP contribution in [0.25, 0.3) is 33.2 Å². The van der Waals surface area contributed by atoms with Crippen LogP contribution in [0.5, 0.6) is 0 Å². The lowest BCUT2D eigenvalue weighted by molar-refractivity contribution is 0.0989. The zero-order chi connectivity index (χ0) is 13.7. The third-order valence-electron chi connectivity index (χ3n) is 3.61. The maximum absolute atomic E-state index is 12.0. The van der Waals surface area contributed by atoms with Gasteiger partial charge in [0.05, 0.1) is 11.6 Å². The number of benzene rings is 2. The predicted molar refractivity (Wildman–Crippen MR) is 73.0 cm³/mol. The van der Waals surface area contributed by atoms with Gasteiger partial charge in [-0.3, -0.25) is 4.79 Å². The van der Waals surface area contributed by atoms with Crippen molar-refractivity contribution >= 4 is 16.6 Å². The van der Waals surface area contributed by atoms with Gasteiger partial charge in [0.15, 0.2) is 17.2 Å². The first-order chi connectivity index (χ1) is 9.81. The Kier molecular flexibility index (Phi) is 2.07. The molecule has 4 nitrogen and oxygen atoms in total. The summed E-state index contributed by atoms with van der Waals surface area (Å²) in [6.45, 7) is 0. The normalized spacial score (nSPS) is 11.3. The van der Waals surface area contributed by atoms with Crippen LogP contribution >= 0.6 is 0 Å². The van der Waals surface area contributed by atoms with E-state index in [2.05, 4.69) is 5.16 Å². The van der Waals surface area contributed by atoms with Crippen LogP contribution in [-0.2, 0) is 0 Å². The number of carbonyl (C=O) groups excluding carboxylic acids is 1. The van der Waals surface area contributed by atoms with Crippen LogP contribution in [0.4, 0.5) is 0 Å². The molecule has 4 heteroatoms. The maximum atomic E-state index is 12.0. The molecule has 1 aromatic heterocycles. The quantitative estimate of drug-likeness (QED) is 0.517. The highest BCUT2D eigenvalue weighted by atomic mass is 16.5. The largest absolute Gasteiger partial charge is 0.355 e. The third-order valence-corrected chi connectivity index (χ3v) is 3.61. The number of aromatic nitrogens is 1. The Morgan fingerprint density at radius 2 is 1.95 bits per heavy atom. The lowest BCUT2D eigenvalue weighted by atomic mass is 10.0. The third kappa shape index (κ3) is 1.24. The molecule has 3 aromatic rings. The van der Waals surface area contributed by atoms with Gasteiger partial charge >= 0.3 is 0 Å². The van der Waals surface area contributed by atoms with Crippen LogP contribution in [0.2, 0.25) is 0 Å². The number of nitriles is 1. The fourth-order valence-corrected chi connectivity index (χ4v) is 2.81. The van der Waals surface area contributed by atoms with Gasteiger partial charge in [0.1, 0.15) is 6.42 Å². The van der Waals surface area contributed by atoms with Gasteiger partial charge in [-0.05, 0) is 10.9 Å². The molecule has 94 valence electrons. The average Bonchev–Trinajstić information content (AvgIpc) is 3.02. The van der Waals surface area contributed by atoms with Gasteiger partial charge in [0.25, 0.3) is 0 Å². The topological polar surface area (TPSA) is 66.9 Å². The van der Waals surface area contributed by atoms with Gasteiger partial charge in [0.2, 0.25) is 0 Å². The second-order valence-corrected chi connectivity index (χ2v) is 4.70. The van der Waals surface area contributed by atoms with Crippen molar-refractivity contribution < 1.29 is 9.32 Å². The predicted octanol–water partition coefficient (Wildman–Crippen LogP) is 3.57. The van der Waals surface area contributed by atoms with Crippen molar-refractivity contribution in [2.24, 2.45) is 0 Å². The Morgan fingerprint density at radius 1 is 1.20 bits per heavy atom. The van der Waals surface area contributed by atoms with Gasteiger partial charge in [0, 0.05) is 10.9 Å². The number of hydrogen-bond acceptors (Lipinski definition) is 4. The summed E-state index contributed by atoms with van der Waals surface area (Å²) in [5.41, 5.74) is 2.88. The molecule has 1 aliphatic rings. The molecule has 0 fully saturated rings. The molecule has 0 unspecified atom stereocenters. The Bertz CT molecular complexity index is 911. The molecule has 4 rings (SSSR count). The maximum Gasteiger partial charge on any atom is 0.199 e. The SMILES string of the molecule is N#CCC(=O)c1noc2c1-c1cccc3cccc-2c13. The molecule has 1 aliphatic carbocycles. The number of carbonyl (C=O) groups is 1. The van der Waals surface area contributed by atoms with Crippen molar-refractivity contribution in [1.82, 2.24) is 5.16 Å². The van der Waals surface area contributed by atoms with Crippen LogP contribution in [0.1, 0.15) is 16.9 Å². The first kappa shape index (κ1) is 10.9. The summed E-state index contributed by atoms with van der Waals surface area (Å²) >= 11 is 0. The highest BCUT2D eigenvalue weighted by Crippen LogP contribution is 2.48. The van der Waals surface area contributed by atoms with E-state index in [0.29, 0.717) is 5.76 Å². The zero-order valence-corrected chi connectivity index (χ0v) is 10.4. The molecule has 1 heterocycles. The lowest BCUT2D eigenvalue weighted by Gasteiger charge is -2.01. The molecule has 0 amide bonds. The van der Waals surface area contributed by atoms with Gasteiger partial charge in [-0.2, -0.15) is 5.26 Å². The lowest BCUT2D eigenvalue weighted by Crippen LogP contribution is -1.99. The summed E-state index contributed by atoms with van der Waals surface area (Å²) in [6.07, 6.45) is -0.189. The molecule has 0 spiro atoms. The highest BCUT2D eigenvalue weighted by Gasteiger charge is 2.31. The fraction of sp³-hybridized carbons (Fsp3) is 0.0625. The zero-order valence-electron chi connectivity index (χ0n) is 10.4. The van der Waals surface area contributed by atoms with E-state index in [-0.39, 0.29) is 17.9 Å². The smallest absolute Gasteiger partial charge is 0.199 e. The van der Waals surface area contributed by atoms with Crippen molar-refractivity contribution in [2.75, 3.05) is 0 Å². The van der Waals surface area contributed by atoms with Crippen LogP contribution in [0, 0.1) is 11.3 Å². The van der Waals surface area contributed by atoms with Gasteiger partial charge in [-0.1, -0.05) is 41.6 Å². The minimum atomic E-state index is -0.303. The fourth-order valence-electron chi connectivity index (χ4n) is 2.81. The van der Waals surface area contributed by atoms with Crippen LogP contribution < -0.4 is 0 Å². The van der Waals surface area contributed by atoms with E-state index >= 15 is 0 Å². The Balaban J connectivity index is 2.06. The molecule has 0 aliphatic heterocycles. The van der Waals surface area contributed by atoms with Gasteiger partial charge in [-0.25, -0.2) is 0 Å². The summed E-state index contributed by atoms with van der Waals surface area (Å²) in [7, 11) is 0. The Morgan fingerprint density at radius 3 is 2.70 bits per heavy atom. The summed E-state index contributed by atoms with van der Waals surface area (Å²) in [5, 5.41) is 14.7. The van der Waals surface area contributed by atoms with Crippen molar-refractivity contribution in [3.8, 4) is 28.5 Å². The van der Waals surface area contributed by atoms with Gasteiger partial charge in [-0.15, -0.1) is 0 Å². The summed E-state index contributed by atoms with van der Waals surface area (Å²) < 4.78 is 5.37. The van der Waals surface area contributed by atoms with E-state index in [0.717, 1.165) is 27.5 Å². The van der Waals surface area contributed by atoms with E-state index in [4.69, 9.17) is 9.78 Å². The molecule has 0 saturated heterocycles. The Labute approximate surface area is 114 Å². The summed E-state index contributed by atoms with van der Waals surface area (Å²) in [6, 6.07) is 13.7. The summed E-state index contributed by atoms with van der Waals surface area (Å²) in [5.74, 6) is 0.320. The van der Waals surface area contributed by atoms with Gasteiger partial charge < -0.3 is 4.52 Å². The standard InChI is InChI=1S/C16H8N2O2/c17-8-7-12(19)15-14-10-5-1-3-9-4-2-6-11(13(9)10)16(14)20-18-15/h1-6H,7H2. The summed E-state index contributed by atoms with van der Waals surface area (Å²) in [4.78, 5) is 12.0. The second kappa shape index (κ2) is 3.78. The van der Waals surface area contributed by atoms with Crippen molar-refractivity contribution in [3.63, 3.8) is 0 Å². The first-order valence-electron chi connectivity index (χ1n) is 6.23. The number of fused-ring (bicyclic) bond motifs is 3. The second-order valence-electron chi connectivity index (χ2n) is 4.70. The number of ketones is 1. The number of Topliss-reactive ketones (excluding diaryl/α,β-unsaturated/α-hetero) is 1. The molecule has 0 N–H and O–H groups in total. The average molecular weight is 260 g/mol. The minimum Gasteiger partial charge on any atom is -0.355 e. The van der Waals surface area contributed by atoms with Crippen molar-refractivity contribution in [3.05, 3.63) is 42.1 Å². The molecular weight excluding hydrogens is 252 g/mol. The molecule has 0 radical (unpaired) electrons. The van der Waals surface area contributed by atoms with Crippen LogP contribution in [0.15, 0.2) is 40.9 Å². The minimum absolute atomic E-state index is 0.189. The van der Waals surface area contributed by atoms with E-state index < -0.39 is 0 Å². The van der Waals surface area contributed by atoms with E-state index in [9.17, 15) is 4.79 Å². The van der Waals surface area contributed by atoms with Crippen molar-refractivity contribution in [1.29, 1.82) is 5.26 Å². The molecule has 0 saturated carbocycles. The Hall–Kier alpha value is -2.93. The van der Waals surface area contributed by atoms with E-state index in [1.54, 1.807) is 0 Å². The number of rotatable bonds is 2. The number of nitrogens with zero attached hydrogens (tertiary/aromatic N) is 2. The highest BCUT2D eigenvalue weighted by molar-refractivity contribution is 6.18.